The summed E-state index contributed by atoms with van der Waals surface area (Å²) in [6.07, 6.45) is -0.169. The molecule has 0 fully saturated rings. The van der Waals surface area contributed by atoms with E-state index >= 15 is 0 Å². The van der Waals surface area contributed by atoms with Crippen LogP contribution < -0.4 is 10.6 Å². The number of thiocarbonyl (C=S) groups is 1. The summed E-state index contributed by atoms with van der Waals surface area (Å²) in [5.41, 5.74) is 2.23. The van der Waals surface area contributed by atoms with E-state index in [2.05, 4.69) is 26.6 Å². The van der Waals surface area contributed by atoms with E-state index < -0.39 is 0 Å². The molecule has 0 aromatic heterocycles. The lowest BCUT2D eigenvalue weighted by Crippen LogP contribution is -2.45. The highest BCUT2D eigenvalue weighted by Gasteiger charge is 2.31. The molecule has 21 heavy (non-hydrogen) atoms. The van der Waals surface area contributed by atoms with E-state index in [4.69, 9.17) is 17.0 Å². The van der Waals surface area contributed by atoms with Crippen molar-refractivity contribution in [1.82, 2.24) is 10.6 Å². The number of hydrogen-bond donors (Lipinski definition) is 2. The number of rotatable bonds is 3. The summed E-state index contributed by atoms with van der Waals surface area (Å²) >= 11 is 8.60. The molecule has 0 saturated carbocycles. The molecule has 1 aromatic carbocycles. The van der Waals surface area contributed by atoms with Crippen LogP contribution in [0.3, 0.4) is 0 Å². The van der Waals surface area contributed by atoms with Crippen molar-refractivity contribution >= 4 is 39.2 Å². The Morgan fingerprint density at radius 1 is 1.33 bits per heavy atom. The molecular weight excluding hydrogens is 352 g/mol. The Bertz CT molecular complexity index is 596. The lowest BCUT2D eigenvalue weighted by Gasteiger charge is -2.30. The van der Waals surface area contributed by atoms with Crippen LogP contribution in [0.15, 0.2) is 40.0 Å². The minimum atomic E-state index is -0.335. The Hall–Kier alpha value is -1.40. The molecule has 2 N–H and O–H groups in total. The van der Waals surface area contributed by atoms with Crippen LogP contribution in [0.25, 0.3) is 0 Å². The van der Waals surface area contributed by atoms with Gasteiger partial charge in [-0.05, 0) is 50.7 Å². The zero-order chi connectivity index (χ0) is 15.6. The van der Waals surface area contributed by atoms with E-state index in [1.807, 2.05) is 45.0 Å². The van der Waals surface area contributed by atoms with Crippen LogP contribution in [0.4, 0.5) is 0 Å². The standard InChI is InChI=1S/C15H17BrN2O2S/c1-8(2)20-14(19)12-9(3)17-15(21)18-13(12)10-4-6-11(16)7-5-10/h4-8,13H,1-3H3,(H2,17,18,21)/t13-/m0/s1. The number of ether oxygens (including phenoxy) is 1. The maximum atomic E-state index is 12.4. The Labute approximate surface area is 138 Å². The predicted molar refractivity (Wildman–Crippen MR) is 89.7 cm³/mol. The molecule has 6 heteroatoms. The van der Waals surface area contributed by atoms with E-state index in [9.17, 15) is 4.79 Å². The predicted octanol–water partition coefficient (Wildman–Crippen LogP) is 3.19. The third-order valence-electron chi connectivity index (χ3n) is 3.04. The van der Waals surface area contributed by atoms with E-state index in [-0.39, 0.29) is 18.1 Å². The molecule has 112 valence electrons. The lowest BCUT2D eigenvalue weighted by atomic mass is 9.96. The van der Waals surface area contributed by atoms with Gasteiger partial charge in [0.25, 0.3) is 0 Å². The van der Waals surface area contributed by atoms with Crippen molar-refractivity contribution in [3.63, 3.8) is 0 Å². The van der Waals surface area contributed by atoms with E-state index in [1.54, 1.807) is 0 Å². The van der Waals surface area contributed by atoms with Gasteiger partial charge < -0.3 is 15.4 Å². The fraction of sp³-hybridized carbons (Fsp3) is 0.333. The highest BCUT2D eigenvalue weighted by molar-refractivity contribution is 9.10. The van der Waals surface area contributed by atoms with Gasteiger partial charge in [-0.15, -0.1) is 0 Å². The second kappa shape index (κ2) is 6.58. The SMILES string of the molecule is CC1=C(C(=O)OC(C)C)[C@H](c2ccc(Br)cc2)NC(=S)N1. The van der Waals surface area contributed by atoms with E-state index in [0.717, 1.165) is 15.7 Å². The zero-order valence-electron chi connectivity index (χ0n) is 12.1. The summed E-state index contributed by atoms with van der Waals surface area (Å²) in [4.78, 5) is 12.4. The van der Waals surface area contributed by atoms with E-state index in [1.165, 1.54) is 0 Å². The fourth-order valence-corrected chi connectivity index (χ4v) is 2.68. The number of carbonyl (C=O) groups is 1. The number of nitrogens with one attached hydrogen (secondary N) is 2. The third kappa shape index (κ3) is 3.83. The number of benzene rings is 1. The Balaban J connectivity index is 2.40. The smallest absolute Gasteiger partial charge is 0.338 e. The Morgan fingerprint density at radius 3 is 2.52 bits per heavy atom. The molecule has 1 aromatic rings. The molecule has 0 spiro atoms. The normalized spacial score (nSPS) is 18.3. The summed E-state index contributed by atoms with van der Waals surface area (Å²) in [6, 6.07) is 7.46. The number of allylic oxidation sites excluding steroid dienone is 1. The molecule has 0 unspecified atom stereocenters. The van der Waals surface area contributed by atoms with Crippen molar-refractivity contribution in [2.75, 3.05) is 0 Å². The Morgan fingerprint density at radius 2 is 1.95 bits per heavy atom. The highest BCUT2D eigenvalue weighted by atomic mass is 79.9. The largest absolute Gasteiger partial charge is 0.459 e. The Kier molecular flexibility index (Phi) is 5.00. The molecule has 1 heterocycles. The van der Waals surface area contributed by atoms with Crippen LogP contribution in [-0.2, 0) is 9.53 Å². The number of esters is 1. The minimum Gasteiger partial charge on any atom is -0.459 e. The summed E-state index contributed by atoms with van der Waals surface area (Å²) < 4.78 is 6.32. The molecule has 4 nitrogen and oxygen atoms in total. The zero-order valence-corrected chi connectivity index (χ0v) is 14.5. The van der Waals surface area contributed by atoms with Crippen LogP contribution in [0.5, 0.6) is 0 Å². The summed E-state index contributed by atoms with van der Waals surface area (Å²) in [5.74, 6) is -0.335. The molecule has 2 rings (SSSR count). The van der Waals surface area contributed by atoms with Gasteiger partial charge >= 0.3 is 5.97 Å². The topological polar surface area (TPSA) is 50.4 Å². The maximum Gasteiger partial charge on any atom is 0.338 e. The van der Waals surface area contributed by atoms with Crippen molar-refractivity contribution in [2.24, 2.45) is 0 Å². The van der Waals surface area contributed by atoms with Gasteiger partial charge in [-0.3, -0.25) is 0 Å². The highest BCUT2D eigenvalue weighted by Crippen LogP contribution is 2.28. The minimum absolute atomic E-state index is 0.169. The molecule has 0 saturated heterocycles. The number of hydrogen-bond acceptors (Lipinski definition) is 3. The van der Waals surface area contributed by atoms with Gasteiger partial charge in [0.1, 0.15) is 0 Å². The summed E-state index contributed by atoms with van der Waals surface area (Å²) in [5, 5.41) is 6.62. The fourth-order valence-electron chi connectivity index (χ4n) is 2.15. The average molecular weight is 369 g/mol. The second-order valence-electron chi connectivity index (χ2n) is 5.08. The molecule has 0 radical (unpaired) electrons. The molecule has 0 aliphatic carbocycles. The molecule has 0 bridgehead atoms. The first-order valence-corrected chi connectivity index (χ1v) is 7.83. The molecular formula is C15H17BrN2O2S. The third-order valence-corrected chi connectivity index (χ3v) is 3.78. The average Bonchev–Trinajstić information content (AvgIpc) is 2.37. The second-order valence-corrected chi connectivity index (χ2v) is 6.40. The van der Waals surface area contributed by atoms with Gasteiger partial charge in [0.05, 0.1) is 17.7 Å². The first-order valence-electron chi connectivity index (χ1n) is 6.63. The van der Waals surface area contributed by atoms with Crippen LogP contribution in [0.1, 0.15) is 32.4 Å². The molecule has 1 aliphatic heterocycles. The van der Waals surface area contributed by atoms with Crippen molar-refractivity contribution in [3.05, 3.63) is 45.6 Å². The first-order chi connectivity index (χ1) is 9.88. The van der Waals surface area contributed by atoms with Crippen molar-refractivity contribution in [1.29, 1.82) is 0 Å². The van der Waals surface area contributed by atoms with Gasteiger partial charge in [-0.25, -0.2) is 4.79 Å². The maximum absolute atomic E-state index is 12.4. The van der Waals surface area contributed by atoms with Crippen LogP contribution in [0, 0.1) is 0 Å². The van der Waals surface area contributed by atoms with Gasteiger partial charge in [0, 0.05) is 10.2 Å². The van der Waals surface area contributed by atoms with Gasteiger partial charge in [0.15, 0.2) is 5.11 Å². The van der Waals surface area contributed by atoms with Gasteiger partial charge in [-0.1, -0.05) is 28.1 Å². The van der Waals surface area contributed by atoms with Crippen molar-refractivity contribution in [3.8, 4) is 0 Å². The van der Waals surface area contributed by atoms with Crippen molar-refractivity contribution < 1.29 is 9.53 Å². The molecule has 1 aliphatic rings. The summed E-state index contributed by atoms with van der Waals surface area (Å²) in [6.45, 7) is 5.49. The summed E-state index contributed by atoms with van der Waals surface area (Å²) in [7, 11) is 0. The number of carbonyl (C=O) groups excluding carboxylic acids is 1. The van der Waals surface area contributed by atoms with Crippen LogP contribution >= 0.6 is 28.1 Å². The van der Waals surface area contributed by atoms with E-state index in [0.29, 0.717) is 10.7 Å². The first kappa shape index (κ1) is 16.0. The molecule has 0 amide bonds. The molecule has 1 atom stereocenters. The van der Waals surface area contributed by atoms with Crippen LogP contribution in [-0.4, -0.2) is 17.2 Å². The quantitative estimate of drug-likeness (QED) is 0.633. The monoisotopic (exact) mass is 368 g/mol. The van der Waals surface area contributed by atoms with Crippen molar-refractivity contribution in [2.45, 2.75) is 32.9 Å². The number of halogens is 1. The van der Waals surface area contributed by atoms with Gasteiger partial charge in [0.2, 0.25) is 0 Å². The van der Waals surface area contributed by atoms with Gasteiger partial charge in [-0.2, -0.15) is 0 Å². The lowest BCUT2D eigenvalue weighted by molar-refractivity contribution is -0.143. The van der Waals surface area contributed by atoms with Crippen LogP contribution in [0.2, 0.25) is 0 Å².